The van der Waals surface area contributed by atoms with Crippen LogP contribution in [-0.2, 0) is 16.1 Å². The van der Waals surface area contributed by atoms with E-state index in [1.807, 2.05) is 13.0 Å². The quantitative estimate of drug-likeness (QED) is 0.877. The Balaban J connectivity index is 1.70. The largest absolute Gasteiger partial charge is 0.482 e. The number of benzene rings is 1. The van der Waals surface area contributed by atoms with E-state index in [2.05, 4.69) is 10.6 Å². The number of rotatable bonds is 5. The first-order chi connectivity index (χ1) is 11.6. The number of amides is 2. The summed E-state index contributed by atoms with van der Waals surface area (Å²) in [5.74, 6) is 0.917. The molecule has 0 saturated carbocycles. The van der Waals surface area contributed by atoms with Crippen molar-refractivity contribution < 1.29 is 23.5 Å². The minimum absolute atomic E-state index is 0.0148. The van der Waals surface area contributed by atoms with Gasteiger partial charge in [-0.3, -0.25) is 9.59 Å². The molecular weight excluding hydrogens is 312 g/mol. The number of hydrogen-bond donors (Lipinski definition) is 2. The van der Waals surface area contributed by atoms with Gasteiger partial charge in [0.1, 0.15) is 18.1 Å². The first-order valence-electron chi connectivity index (χ1n) is 7.52. The molecule has 1 unspecified atom stereocenters. The molecule has 2 heterocycles. The Labute approximate surface area is 138 Å². The van der Waals surface area contributed by atoms with Crippen molar-refractivity contribution in [3.05, 3.63) is 47.4 Å². The van der Waals surface area contributed by atoms with Gasteiger partial charge in [0.25, 0.3) is 11.8 Å². The Hall–Kier alpha value is -2.80. The van der Waals surface area contributed by atoms with Crippen molar-refractivity contribution in [3.8, 4) is 5.75 Å². The van der Waals surface area contributed by atoms with Gasteiger partial charge in [-0.15, -0.1) is 0 Å². The first kappa shape index (κ1) is 16.1. The predicted octanol–water partition coefficient (Wildman–Crippen LogP) is 2.25. The topological polar surface area (TPSA) is 89.8 Å². The fourth-order valence-corrected chi connectivity index (χ4v) is 2.44. The normalized spacial score (nSPS) is 14.3. The van der Waals surface area contributed by atoms with E-state index in [4.69, 9.17) is 13.9 Å². The number of furan rings is 1. The summed E-state index contributed by atoms with van der Waals surface area (Å²) < 4.78 is 15.7. The number of carbonyl (C=O) groups is 2. The summed E-state index contributed by atoms with van der Waals surface area (Å²) in [6, 6.07) is 8.45. The van der Waals surface area contributed by atoms with Crippen molar-refractivity contribution in [1.82, 2.24) is 5.32 Å². The molecule has 0 spiro atoms. The maximum Gasteiger partial charge on any atom is 0.287 e. The zero-order valence-corrected chi connectivity index (χ0v) is 13.4. The second kappa shape index (κ2) is 6.76. The molecule has 0 fully saturated rings. The van der Waals surface area contributed by atoms with Crippen molar-refractivity contribution in [2.24, 2.45) is 0 Å². The van der Waals surface area contributed by atoms with E-state index in [9.17, 15) is 9.59 Å². The third kappa shape index (κ3) is 3.41. The second-order valence-corrected chi connectivity index (χ2v) is 5.49. The molecule has 1 atom stereocenters. The molecule has 0 radical (unpaired) electrons. The van der Waals surface area contributed by atoms with Gasteiger partial charge in [-0.05, 0) is 36.8 Å². The first-order valence-corrected chi connectivity index (χ1v) is 7.52. The molecule has 2 aromatic rings. The summed E-state index contributed by atoms with van der Waals surface area (Å²) in [6.45, 7) is 2.18. The Bertz CT molecular complexity index is 768. The molecule has 3 rings (SSSR count). The number of hydrogen-bond acceptors (Lipinski definition) is 5. The lowest BCUT2D eigenvalue weighted by Crippen LogP contribution is -2.28. The second-order valence-electron chi connectivity index (χ2n) is 5.49. The summed E-state index contributed by atoms with van der Waals surface area (Å²) >= 11 is 0. The van der Waals surface area contributed by atoms with E-state index in [1.165, 1.54) is 0 Å². The van der Waals surface area contributed by atoms with E-state index in [-0.39, 0.29) is 30.2 Å². The van der Waals surface area contributed by atoms with E-state index < -0.39 is 0 Å². The fraction of sp³-hybridized carbons (Fsp3) is 0.294. The van der Waals surface area contributed by atoms with E-state index in [1.54, 1.807) is 31.4 Å². The maximum atomic E-state index is 12.2. The van der Waals surface area contributed by atoms with Gasteiger partial charge in [0.2, 0.25) is 0 Å². The third-order valence-corrected chi connectivity index (χ3v) is 3.66. The van der Waals surface area contributed by atoms with Gasteiger partial charge >= 0.3 is 0 Å². The number of anilines is 1. The molecule has 7 nitrogen and oxygen atoms in total. The van der Waals surface area contributed by atoms with Crippen LogP contribution < -0.4 is 15.4 Å². The number of nitrogens with one attached hydrogen (secondary N) is 2. The summed E-state index contributed by atoms with van der Waals surface area (Å²) in [4.78, 5) is 23.6. The van der Waals surface area contributed by atoms with Gasteiger partial charge in [-0.25, -0.2) is 0 Å². The SMILES string of the molecule is COCc1ccc(C(=O)NC(C)c2ccc3c(c2)NC(=O)CO3)o1. The lowest BCUT2D eigenvalue weighted by Gasteiger charge is -2.20. The molecule has 1 aromatic carbocycles. The molecule has 0 saturated heterocycles. The Morgan fingerprint density at radius 2 is 2.21 bits per heavy atom. The number of ether oxygens (including phenoxy) is 2. The van der Waals surface area contributed by atoms with Crippen LogP contribution in [0, 0.1) is 0 Å². The van der Waals surface area contributed by atoms with Crippen molar-refractivity contribution in [3.63, 3.8) is 0 Å². The zero-order chi connectivity index (χ0) is 17.1. The van der Waals surface area contributed by atoms with Crippen molar-refractivity contribution in [1.29, 1.82) is 0 Å². The summed E-state index contributed by atoms with van der Waals surface area (Å²) in [5.41, 5.74) is 1.45. The number of carbonyl (C=O) groups excluding carboxylic acids is 2. The molecule has 2 amide bonds. The number of fused-ring (bicyclic) bond motifs is 1. The molecule has 7 heteroatoms. The van der Waals surface area contributed by atoms with Gasteiger partial charge in [-0.1, -0.05) is 6.07 Å². The molecule has 0 bridgehead atoms. The van der Waals surface area contributed by atoms with Crippen LogP contribution in [0.4, 0.5) is 5.69 Å². The highest BCUT2D eigenvalue weighted by Gasteiger charge is 2.19. The molecule has 0 aliphatic carbocycles. The van der Waals surface area contributed by atoms with E-state index >= 15 is 0 Å². The minimum Gasteiger partial charge on any atom is -0.482 e. The van der Waals surface area contributed by atoms with E-state index in [0.717, 1.165) is 5.56 Å². The smallest absolute Gasteiger partial charge is 0.287 e. The Morgan fingerprint density at radius 3 is 3.00 bits per heavy atom. The van der Waals surface area contributed by atoms with Crippen molar-refractivity contribution >= 4 is 17.5 Å². The van der Waals surface area contributed by atoms with Crippen LogP contribution in [0.25, 0.3) is 0 Å². The van der Waals surface area contributed by atoms with Crippen LogP contribution in [-0.4, -0.2) is 25.5 Å². The number of methoxy groups -OCH3 is 1. The van der Waals surface area contributed by atoms with Crippen molar-refractivity contribution in [2.45, 2.75) is 19.6 Å². The monoisotopic (exact) mass is 330 g/mol. The molecule has 2 N–H and O–H groups in total. The highest BCUT2D eigenvalue weighted by Crippen LogP contribution is 2.30. The molecule has 24 heavy (non-hydrogen) atoms. The average molecular weight is 330 g/mol. The van der Waals surface area contributed by atoms with Gasteiger partial charge < -0.3 is 24.5 Å². The van der Waals surface area contributed by atoms with Crippen LogP contribution in [0.1, 0.15) is 34.8 Å². The minimum atomic E-state index is -0.317. The van der Waals surface area contributed by atoms with Crippen LogP contribution in [0.2, 0.25) is 0 Å². The average Bonchev–Trinajstić information content (AvgIpc) is 3.03. The highest BCUT2D eigenvalue weighted by molar-refractivity contribution is 5.95. The molecule has 1 aliphatic heterocycles. The molecule has 1 aromatic heterocycles. The lowest BCUT2D eigenvalue weighted by atomic mass is 10.1. The zero-order valence-electron chi connectivity index (χ0n) is 13.4. The third-order valence-electron chi connectivity index (χ3n) is 3.66. The van der Waals surface area contributed by atoms with Gasteiger partial charge in [0, 0.05) is 7.11 Å². The Kier molecular flexibility index (Phi) is 4.52. The van der Waals surface area contributed by atoms with Gasteiger partial charge in [0.15, 0.2) is 12.4 Å². The summed E-state index contributed by atoms with van der Waals surface area (Å²) in [6.07, 6.45) is 0. The standard InChI is InChI=1S/C17H18N2O5/c1-10(18-17(21)15-6-4-12(24-15)8-22-2)11-3-5-14-13(7-11)19-16(20)9-23-14/h3-7,10H,8-9H2,1-2H3,(H,18,21)(H,19,20). The van der Waals surface area contributed by atoms with Crippen LogP contribution in [0.3, 0.4) is 0 Å². The summed E-state index contributed by atoms with van der Waals surface area (Å²) in [5, 5.41) is 5.61. The fourth-order valence-electron chi connectivity index (χ4n) is 2.44. The van der Waals surface area contributed by atoms with Crippen LogP contribution >= 0.6 is 0 Å². The highest BCUT2D eigenvalue weighted by atomic mass is 16.5. The molecule has 126 valence electrons. The Morgan fingerprint density at radius 1 is 1.38 bits per heavy atom. The predicted molar refractivity (Wildman–Crippen MR) is 85.9 cm³/mol. The van der Waals surface area contributed by atoms with Gasteiger partial charge in [-0.2, -0.15) is 0 Å². The molecular formula is C17H18N2O5. The molecule has 1 aliphatic rings. The van der Waals surface area contributed by atoms with Crippen LogP contribution in [0.5, 0.6) is 5.75 Å². The van der Waals surface area contributed by atoms with Gasteiger partial charge in [0.05, 0.1) is 11.7 Å². The van der Waals surface area contributed by atoms with Crippen molar-refractivity contribution in [2.75, 3.05) is 19.0 Å². The maximum absolute atomic E-state index is 12.2. The lowest BCUT2D eigenvalue weighted by molar-refractivity contribution is -0.118. The van der Waals surface area contributed by atoms with E-state index in [0.29, 0.717) is 23.8 Å². The van der Waals surface area contributed by atoms with Crippen LogP contribution in [0.15, 0.2) is 34.7 Å². The summed E-state index contributed by atoms with van der Waals surface area (Å²) in [7, 11) is 1.56.